The molecule has 0 fully saturated rings. The Kier molecular flexibility index (Phi) is 8.60. The molecule has 44 heavy (non-hydrogen) atoms. The minimum Gasteiger partial charge on any atom is -0.482 e. The number of fused-ring (bicyclic) bond motifs is 1. The van der Waals surface area contributed by atoms with E-state index in [9.17, 15) is 9.90 Å². The number of aliphatic hydroxyl groups excluding tert-OH is 1. The highest BCUT2D eigenvalue weighted by Gasteiger charge is 2.35. The smallest absolute Gasteiger partial charge is 0.228 e. The number of anilines is 1. The number of halogens is 1. The molecule has 6 rings (SSSR count). The molecule has 0 saturated carbocycles. The molecule has 5 aromatic rings. The number of thiazole rings is 1. The summed E-state index contributed by atoms with van der Waals surface area (Å²) in [5.74, 6) is 0.987. The van der Waals surface area contributed by atoms with E-state index in [0.29, 0.717) is 40.1 Å². The van der Waals surface area contributed by atoms with Gasteiger partial charge in [0.05, 0.1) is 6.61 Å². The van der Waals surface area contributed by atoms with Crippen LogP contribution in [0.3, 0.4) is 0 Å². The molecule has 3 aromatic carbocycles. The van der Waals surface area contributed by atoms with Gasteiger partial charge in [-0.3, -0.25) is 4.79 Å². The Hall–Kier alpha value is -4.71. The summed E-state index contributed by atoms with van der Waals surface area (Å²) >= 11 is 1.36. The van der Waals surface area contributed by atoms with E-state index in [4.69, 9.17) is 9.47 Å². The van der Waals surface area contributed by atoms with Crippen LogP contribution in [0.25, 0.3) is 11.1 Å². The molecule has 1 atom stereocenters. The van der Waals surface area contributed by atoms with Crippen molar-refractivity contribution < 1.29 is 23.8 Å². The topological polar surface area (TPSA) is 118 Å². The quantitative estimate of drug-likeness (QED) is 0.176. The predicted octanol–water partition coefficient (Wildman–Crippen LogP) is 5.99. The number of benzene rings is 3. The maximum absolute atomic E-state index is 15.4. The Labute approximate surface area is 257 Å². The second-order valence-corrected chi connectivity index (χ2v) is 11.5. The van der Waals surface area contributed by atoms with Crippen molar-refractivity contribution in [2.45, 2.75) is 38.5 Å². The maximum atomic E-state index is 15.4. The highest BCUT2D eigenvalue weighted by molar-refractivity contribution is 7.13. The van der Waals surface area contributed by atoms with Crippen LogP contribution in [0, 0.1) is 5.82 Å². The first-order chi connectivity index (χ1) is 21.4. The lowest BCUT2D eigenvalue weighted by molar-refractivity contribution is -0.117. The van der Waals surface area contributed by atoms with Gasteiger partial charge in [-0.2, -0.15) is 0 Å². The third-order valence-corrected chi connectivity index (χ3v) is 8.15. The second kappa shape index (κ2) is 12.9. The standard InChI is InChI=1S/C33H30FN5O4S/c1-33(18-31(41)39-32-37-13-14-44-32)26-17-29(28(15-23(26)9-12-38-33)42-20-30-35-10-2-11-36-30)43-24-7-8-25(27(34)16-24)22-5-3-21(19-40)4-6-22/h2-8,10-11,13-17,38,40H,9,12,18-20H2,1H3,(H,37,39,41)/t33-/m1/s1. The fourth-order valence-electron chi connectivity index (χ4n) is 5.27. The molecule has 3 heterocycles. The van der Waals surface area contributed by atoms with Crippen molar-refractivity contribution >= 4 is 22.4 Å². The van der Waals surface area contributed by atoms with Gasteiger partial charge in [0.25, 0.3) is 0 Å². The summed E-state index contributed by atoms with van der Waals surface area (Å²) in [5, 5.41) is 18.0. The minimum atomic E-state index is -0.704. The summed E-state index contributed by atoms with van der Waals surface area (Å²) in [6, 6.07) is 17.2. The second-order valence-electron chi connectivity index (χ2n) is 10.6. The molecule has 0 bridgehead atoms. The Bertz CT molecular complexity index is 1750. The van der Waals surface area contributed by atoms with Crippen molar-refractivity contribution in [1.29, 1.82) is 0 Å². The molecule has 0 spiro atoms. The summed E-state index contributed by atoms with van der Waals surface area (Å²) in [6.07, 6.45) is 5.81. The number of nitrogens with zero attached hydrogens (tertiary/aromatic N) is 3. The number of carbonyl (C=O) groups excluding carboxylic acids is 1. The van der Waals surface area contributed by atoms with Gasteiger partial charge in [-0.15, -0.1) is 11.3 Å². The maximum Gasteiger partial charge on any atom is 0.228 e. The lowest BCUT2D eigenvalue weighted by Crippen LogP contribution is -2.47. The Balaban J connectivity index is 1.31. The van der Waals surface area contributed by atoms with Crippen LogP contribution in [0.5, 0.6) is 17.2 Å². The summed E-state index contributed by atoms with van der Waals surface area (Å²) in [6.45, 7) is 2.67. The molecular formula is C33H30FN5O4S. The van der Waals surface area contributed by atoms with Crippen molar-refractivity contribution in [3.05, 3.63) is 113 Å². The molecule has 2 aromatic heterocycles. The molecule has 0 radical (unpaired) electrons. The van der Waals surface area contributed by atoms with E-state index in [0.717, 1.165) is 23.1 Å². The van der Waals surface area contributed by atoms with Crippen LogP contribution in [-0.4, -0.2) is 32.5 Å². The number of rotatable bonds is 10. The highest BCUT2D eigenvalue weighted by Crippen LogP contribution is 2.42. The van der Waals surface area contributed by atoms with E-state index in [-0.39, 0.29) is 31.3 Å². The van der Waals surface area contributed by atoms with Crippen molar-refractivity contribution in [2.75, 3.05) is 11.9 Å². The zero-order chi connectivity index (χ0) is 30.5. The Morgan fingerprint density at radius 2 is 1.89 bits per heavy atom. The molecule has 0 unspecified atom stereocenters. The molecule has 0 saturated heterocycles. The fourth-order valence-corrected chi connectivity index (χ4v) is 5.81. The van der Waals surface area contributed by atoms with Crippen LogP contribution in [0.15, 0.2) is 84.6 Å². The SMILES string of the molecule is C[C@]1(CC(=O)Nc2nccs2)NCCc2cc(OCc3ncccn3)c(Oc3ccc(-c4ccc(CO)cc4)c(F)c3)cc21. The molecule has 3 N–H and O–H groups in total. The number of ether oxygens (including phenoxy) is 2. The van der Waals surface area contributed by atoms with Crippen LogP contribution in [0.2, 0.25) is 0 Å². The molecule has 11 heteroatoms. The number of aromatic nitrogens is 3. The van der Waals surface area contributed by atoms with Crippen molar-refractivity contribution in [1.82, 2.24) is 20.3 Å². The molecule has 1 amide bonds. The first-order valence-electron chi connectivity index (χ1n) is 14.1. The number of hydrogen-bond donors (Lipinski definition) is 3. The number of hydrogen-bond acceptors (Lipinski definition) is 9. The lowest BCUT2D eigenvalue weighted by atomic mass is 9.81. The van der Waals surface area contributed by atoms with Crippen LogP contribution < -0.4 is 20.1 Å². The van der Waals surface area contributed by atoms with E-state index in [1.54, 1.807) is 66.4 Å². The summed E-state index contributed by atoms with van der Waals surface area (Å²) < 4.78 is 27.8. The fraction of sp³-hybridized carbons (Fsp3) is 0.212. The number of aliphatic hydroxyl groups is 1. The molecule has 1 aliphatic rings. The zero-order valence-electron chi connectivity index (χ0n) is 23.9. The summed E-state index contributed by atoms with van der Waals surface area (Å²) in [4.78, 5) is 25.6. The number of amides is 1. The monoisotopic (exact) mass is 611 g/mol. The number of carbonyl (C=O) groups is 1. The number of nitrogens with one attached hydrogen (secondary N) is 2. The van der Waals surface area contributed by atoms with E-state index in [2.05, 4.69) is 25.6 Å². The van der Waals surface area contributed by atoms with E-state index in [1.807, 2.05) is 19.1 Å². The van der Waals surface area contributed by atoms with Gasteiger partial charge in [-0.1, -0.05) is 24.3 Å². The minimum absolute atomic E-state index is 0.0812. The van der Waals surface area contributed by atoms with Crippen LogP contribution in [-0.2, 0) is 30.0 Å². The first kappa shape index (κ1) is 29.4. The van der Waals surface area contributed by atoms with Gasteiger partial charge in [-0.05, 0) is 65.9 Å². The first-order valence-corrected chi connectivity index (χ1v) is 15.0. The van der Waals surface area contributed by atoms with Crippen LogP contribution >= 0.6 is 11.3 Å². The van der Waals surface area contributed by atoms with Gasteiger partial charge in [-0.25, -0.2) is 19.3 Å². The van der Waals surface area contributed by atoms with Crippen molar-refractivity contribution in [3.63, 3.8) is 0 Å². The highest BCUT2D eigenvalue weighted by atomic mass is 32.1. The van der Waals surface area contributed by atoms with E-state index < -0.39 is 11.4 Å². The van der Waals surface area contributed by atoms with Gasteiger partial charge in [0.1, 0.15) is 18.2 Å². The predicted molar refractivity (Wildman–Crippen MR) is 165 cm³/mol. The normalized spacial score (nSPS) is 15.8. The van der Waals surface area contributed by atoms with Gasteiger partial charge in [0.2, 0.25) is 5.91 Å². The van der Waals surface area contributed by atoms with Gasteiger partial charge in [0, 0.05) is 54.1 Å². The van der Waals surface area contributed by atoms with Crippen molar-refractivity contribution in [2.24, 2.45) is 0 Å². The van der Waals surface area contributed by atoms with Crippen molar-refractivity contribution in [3.8, 4) is 28.4 Å². The van der Waals surface area contributed by atoms with E-state index >= 15 is 4.39 Å². The molecule has 224 valence electrons. The average molecular weight is 612 g/mol. The van der Waals surface area contributed by atoms with Gasteiger partial charge in [0.15, 0.2) is 22.5 Å². The molecule has 9 nitrogen and oxygen atoms in total. The zero-order valence-corrected chi connectivity index (χ0v) is 24.7. The third kappa shape index (κ3) is 6.60. The molecular weight excluding hydrogens is 581 g/mol. The van der Waals surface area contributed by atoms with E-state index in [1.165, 1.54) is 17.4 Å². The average Bonchev–Trinajstić information content (AvgIpc) is 3.54. The lowest BCUT2D eigenvalue weighted by Gasteiger charge is -2.37. The Morgan fingerprint density at radius 3 is 2.61 bits per heavy atom. The molecule has 1 aliphatic heterocycles. The van der Waals surface area contributed by atoms with Gasteiger partial charge >= 0.3 is 0 Å². The third-order valence-electron chi connectivity index (χ3n) is 7.46. The van der Waals surface area contributed by atoms with Crippen LogP contribution in [0.4, 0.5) is 9.52 Å². The van der Waals surface area contributed by atoms with Gasteiger partial charge < -0.3 is 25.2 Å². The van der Waals surface area contributed by atoms with Crippen LogP contribution in [0.1, 0.15) is 35.9 Å². The molecule has 0 aliphatic carbocycles. The Morgan fingerprint density at radius 1 is 1.07 bits per heavy atom. The largest absolute Gasteiger partial charge is 0.482 e. The summed E-state index contributed by atoms with van der Waals surface area (Å²) in [5.41, 5.74) is 3.04. The summed E-state index contributed by atoms with van der Waals surface area (Å²) in [7, 11) is 0.